The number of hydrogen-bond acceptors (Lipinski definition) is 2. The molecule has 0 fully saturated rings. The molecule has 2 aromatic carbocycles. The summed E-state index contributed by atoms with van der Waals surface area (Å²) in [7, 11) is 1.33. The highest BCUT2D eigenvalue weighted by Gasteiger charge is 2.17. The van der Waals surface area contributed by atoms with Gasteiger partial charge in [-0.15, -0.1) is 0 Å². The van der Waals surface area contributed by atoms with Crippen LogP contribution in [0.2, 0.25) is 0 Å². The second-order valence-electron chi connectivity index (χ2n) is 4.11. The highest BCUT2D eigenvalue weighted by atomic mass is 19.1. The third kappa shape index (κ3) is 2.47. The summed E-state index contributed by atoms with van der Waals surface area (Å²) in [6.07, 6.45) is 0. The minimum Gasteiger partial charge on any atom is -0.494 e. The number of rotatable bonds is 3. The van der Waals surface area contributed by atoms with Crippen LogP contribution in [0.1, 0.15) is 21.5 Å². The third-order valence-corrected chi connectivity index (χ3v) is 2.85. The van der Waals surface area contributed by atoms with Gasteiger partial charge in [-0.3, -0.25) is 4.79 Å². The first-order valence-electron chi connectivity index (χ1n) is 5.68. The number of methoxy groups -OCH3 is 1. The summed E-state index contributed by atoms with van der Waals surface area (Å²) in [6.45, 7) is 1.55. The van der Waals surface area contributed by atoms with Crippen molar-refractivity contribution in [1.82, 2.24) is 0 Å². The van der Waals surface area contributed by atoms with Gasteiger partial charge in [0.2, 0.25) is 0 Å². The van der Waals surface area contributed by atoms with E-state index in [2.05, 4.69) is 0 Å². The summed E-state index contributed by atoms with van der Waals surface area (Å²) in [5, 5.41) is 0. The molecule has 0 aliphatic heterocycles. The molecule has 0 heterocycles. The first-order chi connectivity index (χ1) is 9.04. The average molecular weight is 262 g/mol. The molecule has 2 aromatic rings. The fraction of sp³-hybridized carbons (Fsp3) is 0.133. The fourth-order valence-electron chi connectivity index (χ4n) is 1.79. The predicted molar refractivity (Wildman–Crippen MR) is 67.5 cm³/mol. The molecule has 0 aliphatic carbocycles. The van der Waals surface area contributed by atoms with Crippen LogP contribution in [-0.4, -0.2) is 12.9 Å². The van der Waals surface area contributed by atoms with Crippen LogP contribution in [0.5, 0.6) is 5.75 Å². The number of aryl methyl sites for hydroxylation is 1. The largest absolute Gasteiger partial charge is 0.494 e. The van der Waals surface area contributed by atoms with Crippen molar-refractivity contribution in [3.63, 3.8) is 0 Å². The Labute approximate surface area is 109 Å². The summed E-state index contributed by atoms with van der Waals surface area (Å²) in [6, 6.07) is 8.27. The van der Waals surface area contributed by atoms with Crippen molar-refractivity contribution in [3.05, 3.63) is 64.7 Å². The third-order valence-electron chi connectivity index (χ3n) is 2.85. The number of ether oxygens (including phenoxy) is 1. The number of carbonyl (C=O) groups excluding carboxylic acids is 1. The topological polar surface area (TPSA) is 26.3 Å². The number of halogens is 2. The number of hydrogen-bond donors (Lipinski definition) is 0. The van der Waals surface area contributed by atoms with E-state index in [1.807, 2.05) is 0 Å². The first-order valence-corrected chi connectivity index (χ1v) is 5.68. The zero-order chi connectivity index (χ0) is 14.0. The monoisotopic (exact) mass is 262 g/mol. The predicted octanol–water partition coefficient (Wildman–Crippen LogP) is 3.51. The van der Waals surface area contributed by atoms with Crippen molar-refractivity contribution in [3.8, 4) is 5.75 Å². The van der Waals surface area contributed by atoms with Gasteiger partial charge >= 0.3 is 0 Å². The highest BCUT2D eigenvalue weighted by molar-refractivity contribution is 6.09. The lowest BCUT2D eigenvalue weighted by Crippen LogP contribution is -2.06. The highest BCUT2D eigenvalue weighted by Crippen LogP contribution is 2.23. The molecule has 19 heavy (non-hydrogen) atoms. The van der Waals surface area contributed by atoms with Gasteiger partial charge in [-0.05, 0) is 42.8 Å². The van der Waals surface area contributed by atoms with Crippen LogP contribution < -0.4 is 4.74 Å². The second kappa shape index (κ2) is 5.18. The van der Waals surface area contributed by atoms with E-state index in [-0.39, 0.29) is 16.9 Å². The van der Waals surface area contributed by atoms with Crippen molar-refractivity contribution in [1.29, 1.82) is 0 Å². The Balaban J connectivity index is 2.47. The van der Waals surface area contributed by atoms with Crippen LogP contribution in [0.4, 0.5) is 8.78 Å². The van der Waals surface area contributed by atoms with Gasteiger partial charge < -0.3 is 4.74 Å². The first kappa shape index (κ1) is 13.2. The van der Waals surface area contributed by atoms with Crippen molar-refractivity contribution < 1.29 is 18.3 Å². The Hall–Kier alpha value is -2.23. The summed E-state index contributed by atoms with van der Waals surface area (Å²) < 4.78 is 32.0. The minimum atomic E-state index is -0.711. The maximum absolute atomic E-state index is 14.0. The van der Waals surface area contributed by atoms with Crippen molar-refractivity contribution >= 4 is 5.78 Å². The molecular weight excluding hydrogens is 250 g/mol. The Morgan fingerprint density at radius 3 is 2.53 bits per heavy atom. The number of benzene rings is 2. The van der Waals surface area contributed by atoms with Gasteiger partial charge in [-0.2, -0.15) is 0 Å². The van der Waals surface area contributed by atoms with Gasteiger partial charge in [0.25, 0.3) is 0 Å². The van der Waals surface area contributed by atoms with E-state index >= 15 is 0 Å². The van der Waals surface area contributed by atoms with Crippen molar-refractivity contribution in [2.75, 3.05) is 7.11 Å². The second-order valence-corrected chi connectivity index (χ2v) is 4.11. The van der Waals surface area contributed by atoms with E-state index < -0.39 is 17.4 Å². The van der Waals surface area contributed by atoms with Crippen LogP contribution in [-0.2, 0) is 0 Å². The lowest BCUT2D eigenvalue weighted by molar-refractivity contribution is 0.103. The SMILES string of the molecule is COc1cccc(C(=O)c2ccc(F)c(C)c2)c1F. The van der Waals surface area contributed by atoms with E-state index in [0.717, 1.165) is 0 Å². The van der Waals surface area contributed by atoms with Gasteiger partial charge in [0.15, 0.2) is 17.3 Å². The zero-order valence-electron chi connectivity index (χ0n) is 10.5. The van der Waals surface area contributed by atoms with Crippen LogP contribution in [0.15, 0.2) is 36.4 Å². The molecule has 0 saturated carbocycles. The molecule has 2 nitrogen and oxygen atoms in total. The van der Waals surface area contributed by atoms with Crippen LogP contribution >= 0.6 is 0 Å². The van der Waals surface area contributed by atoms with E-state index in [4.69, 9.17) is 4.74 Å². The molecule has 0 N–H and O–H groups in total. The van der Waals surface area contributed by atoms with Gasteiger partial charge in [-0.25, -0.2) is 8.78 Å². The molecule has 0 unspecified atom stereocenters. The maximum Gasteiger partial charge on any atom is 0.196 e. The Morgan fingerprint density at radius 2 is 1.89 bits per heavy atom. The molecule has 0 spiro atoms. The van der Waals surface area contributed by atoms with E-state index in [0.29, 0.717) is 5.56 Å². The van der Waals surface area contributed by atoms with E-state index in [1.165, 1.54) is 43.5 Å². The van der Waals surface area contributed by atoms with Gasteiger partial charge in [-0.1, -0.05) is 6.07 Å². The number of carbonyl (C=O) groups is 1. The van der Waals surface area contributed by atoms with Crippen molar-refractivity contribution in [2.45, 2.75) is 6.92 Å². The molecule has 98 valence electrons. The zero-order valence-corrected chi connectivity index (χ0v) is 10.5. The molecule has 0 aliphatic rings. The summed E-state index contributed by atoms with van der Waals surface area (Å²) >= 11 is 0. The van der Waals surface area contributed by atoms with Gasteiger partial charge in [0, 0.05) is 5.56 Å². The molecular formula is C15H12F2O2. The van der Waals surface area contributed by atoms with Crippen LogP contribution in [0.25, 0.3) is 0 Å². The lowest BCUT2D eigenvalue weighted by Gasteiger charge is -2.07. The Bertz CT molecular complexity index is 636. The van der Waals surface area contributed by atoms with Gasteiger partial charge in [0.05, 0.1) is 12.7 Å². The molecule has 2 rings (SSSR count). The van der Waals surface area contributed by atoms with Gasteiger partial charge in [0.1, 0.15) is 5.82 Å². The lowest BCUT2D eigenvalue weighted by atomic mass is 10.0. The minimum absolute atomic E-state index is 0.00434. The Kier molecular flexibility index (Phi) is 3.60. The number of ketones is 1. The van der Waals surface area contributed by atoms with E-state index in [9.17, 15) is 13.6 Å². The molecule has 0 amide bonds. The quantitative estimate of drug-likeness (QED) is 0.791. The molecule has 0 aromatic heterocycles. The fourth-order valence-corrected chi connectivity index (χ4v) is 1.79. The average Bonchev–Trinajstić information content (AvgIpc) is 2.41. The summed E-state index contributed by atoms with van der Waals surface area (Å²) in [5.41, 5.74) is 0.491. The van der Waals surface area contributed by atoms with Crippen LogP contribution in [0.3, 0.4) is 0 Å². The smallest absolute Gasteiger partial charge is 0.196 e. The molecule has 0 atom stereocenters. The summed E-state index contributed by atoms with van der Waals surface area (Å²) in [4.78, 5) is 12.2. The molecule has 4 heteroatoms. The summed E-state index contributed by atoms with van der Waals surface area (Å²) in [5.74, 6) is -1.61. The normalized spacial score (nSPS) is 10.3. The molecule has 0 bridgehead atoms. The van der Waals surface area contributed by atoms with Crippen LogP contribution in [0, 0.1) is 18.6 Å². The maximum atomic E-state index is 14.0. The van der Waals surface area contributed by atoms with Crippen molar-refractivity contribution in [2.24, 2.45) is 0 Å². The van der Waals surface area contributed by atoms with E-state index in [1.54, 1.807) is 6.92 Å². The standard InChI is InChI=1S/C15H12F2O2/c1-9-8-10(6-7-12(9)16)15(18)11-4-3-5-13(19-2)14(11)17/h3-8H,1-2H3. The molecule has 0 radical (unpaired) electrons. The Morgan fingerprint density at radius 1 is 1.16 bits per heavy atom. The molecule has 0 saturated heterocycles.